The molecule has 1 aromatic heterocycles. The fourth-order valence-corrected chi connectivity index (χ4v) is 4.64. The average molecular weight is 351 g/mol. The lowest BCUT2D eigenvalue weighted by atomic mass is 10.2. The molecule has 0 saturated carbocycles. The van der Waals surface area contributed by atoms with Gasteiger partial charge in [0.2, 0.25) is 10.0 Å². The Hall–Kier alpha value is -1.77. The van der Waals surface area contributed by atoms with Crippen molar-refractivity contribution in [1.29, 1.82) is 0 Å². The molecular weight excluding hydrogens is 334 g/mol. The van der Waals surface area contributed by atoms with Crippen molar-refractivity contribution < 1.29 is 13.2 Å². The second-order valence-corrected chi connectivity index (χ2v) is 8.18. The molecule has 1 aliphatic rings. The number of carbonyl (C=O) groups excluding carboxylic acids is 1. The van der Waals surface area contributed by atoms with Gasteiger partial charge in [-0.25, -0.2) is 13.4 Å². The maximum atomic E-state index is 12.4. The Morgan fingerprint density at radius 3 is 2.43 bits per heavy atom. The molecule has 0 bridgehead atoms. The van der Waals surface area contributed by atoms with Crippen molar-refractivity contribution in [2.75, 3.05) is 18.4 Å². The highest BCUT2D eigenvalue weighted by molar-refractivity contribution is 7.89. The topological polar surface area (TPSA) is 79.4 Å². The van der Waals surface area contributed by atoms with Gasteiger partial charge in [-0.1, -0.05) is 0 Å². The van der Waals surface area contributed by atoms with Crippen molar-refractivity contribution in [3.05, 3.63) is 40.9 Å². The number of amides is 1. The summed E-state index contributed by atoms with van der Waals surface area (Å²) in [6, 6.07) is 6.02. The first kappa shape index (κ1) is 16.1. The van der Waals surface area contributed by atoms with Crippen LogP contribution < -0.4 is 5.32 Å². The monoisotopic (exact) mass is 351 g/mol. The number of hydrogen-bond acceptors (Lipinski definition) is 5. The molecule has 1 aromatic carbocycles. The molecule has 1 N–H and O–H groups in total. The first-order valence-electron chi connectivity index (χ1n) is 7.30. The van der Waals surface area contributed by atoms with Crippen LogP contribution in [0, 0.1) is 6.92 Å². The number of hydrogen-bond donors (Lipinski definition) is 1. The minimum Gasteiger partial charge on any atom is -0.298 e. The second kappa shape index (κ2) is 6.38. The Kier molecular flexibility index (Phi) is 4.47. The van der Waals surface area contributed by atoms with Crippen LogP contribution in [0.5, 0.6) is 0 Å². The van der Waals surface area contributed by atoms with Crippen LogP contribution in [0.3, 0.4) is 0 Å². The molecule has 1 amide bonds. The van der Waals surface area contributed by atoms with Crippen LogP contribution in [0.4, 0.5) is 5.13 Å². The third-order valence-electron chi connectivity index (χ3n) is 3.66. The van der Waals surface area contributed by atoms with Crippen molar-refractivity contribution >= 4 is 32.4 Å². The molecule has 0 aliphatic carbocycles. The van der Waals surface area contributed by atoms with E-state index in [2.05, 4.69) is 10.3 Å². The van der Waals surface area contributed by atoms with Crippen molar-refractivity contribution in [2.45, 2.75) is 24.7 Å². The number of thiazole rings is 1. The Morgan fingerprint density at radius 2 is 1.87 bits per heavy atom. The lowest BCUT2D eigenvalue weighted by Crippen LogP contribution is -2.27. The fourth-order valence-electron chi connectivity index (χ4n) is 2.44. The molecule has 8 heteroatoms. The molecule has 0 atom stereocenters. The standard InChI is InChI=1S/C15H17N3O3S2/c1-11-10-22-15(16-11)17-14(19)12-4-6-13(7-5-12)23(20,21)18-8-2-3-9-18/h4-7,10H,2-3,8-9H2,1H3,(H,16,17,19). The number of benzene rings is 1. The third kappa shape index (κ3) is 3.44. The SMILES string of the molecule is Cc1csc(NC(=O)c2ccc(S(=O)(=O)N3CCCC3)cc2)n1. The Bertz CT molecular complexity index is 807. The van der Waals surface area contributed by atoms with Crippen LogP contribution in [0.15, 0.2) is 34.5 Å². The molecule has 1 fully saturated rings. The van der Waals surface area contributed by atoms with Crippen LogP contribution in [0.2, 0.25) is 0 Å². The molecule has 2 heterocycles. The predicted molar refractivity (Wildman–Crippen MR) is 89.2 cm³/mol. The van der Waals surface area contributed by atoms with E-state index < -0.39 is 10.0 Å². The highest BCUT2D eigenvalue weighted by Gasteiger charge is 2.27. The Labute approximate surface area is 139 Å². The van der Waals surface area contributed by atoms with Gasteiger partial charge in [-0.05, 0) is 44.0 Å². The molecule has 1 aliphatic heterocycles. The summed E-state index contributed by atoms with van der Waals surface area (Å²) in [5, 5.41) is 5.08. The van der Waals surface area contributed by atoms with Gasteiger partial charge >= 0.3 is 0 Å². The van der Waals surface area contributed by atoms with E-state index in [1.807, 2.05) is 12.3 Å². The van der Waals surface area contributed by atoms with Crippen LogP contribution in [0.25, 0.3) is 0 Å². The van der Waals surface area contributed by atoms with Crippen molar-refractivity contribution in [3.8, 4) is 0 Å². The molecule has 122 valence electrons. The number of rotatable bonds is 4. The molecule has 6 nitrogen and oxygen atoms in total. The Morgan fingerprint density at radius 1 is 1.22 bits per heavy atom. The van der Waals surface area contributed by atoms with Gasteiger partial charge in [-0.15, -0.1) is 11.3 Å². The highest BCUT2D eigenvalue weighted by atomic mass is 32.2. The summed E-state index contributed by atoms with van der Waals surface area (Å²) in [6.45, 7) is 2.98. The van der Waals surface area contributed by atoms with E-state index >= 15 is 0 Å². The summed E-state index contributed by atoms with van der Waals surface area (Å²) >= 11 is 1.35. The van der Waals surface area contributed by atoms with Crippen molar-refractivity contribution in [3.63, 3.8) is 0 Å². The first-order chi connectivity index (χ1) is 11.0. The second-order valence-electron chi connectivity index (χ2n) is 5.38. The zero-order valence-corrected chi connectivity index (χ0v) is 14.3. The highest BCUT2D eigenvalue weighted by Crippen LogP contribution is 2.21. The molecule has 1 saturated heterocycles. The van der Waals surface area contributed by atoms with Gasteiger partial charge in [0.1, 0.15) is 0 Å². The van der Waals surface area contributed by atoms with E-state index in [0.717, 1.165) is 18.5 Å². The molecule has 2 aromatic rings. The van der Waals surface area contributed by atoms with Crippen LogP contribution in [0.1, 0.15) is 28.9 Å². The third-order valence-corrected chi connectivity index (χ3v) is 6.45. The summed E-state index contributed by atoms with van der Waals surface area (Å²) in [7, 11) is -3.45. The van der Waals surface area contributed by atoms with E-state index in [9.17, 15) is 13.2 Å². The predicted octanol–water partition coefficient (Wildman–Crippen LogP) is 2.49. The first-order valence-corrected chi connectivity index (χ1v) is 9.62. The summed E-state index contributed by atoms with van der Waals surface area (Å²) < 4.78 is 26.3. The number of carbonyl (C=O) groups is 1. The number of sulfonamides is 1. The average Bonchev–Trinajstić information content (AvgIpc) is 3.19. The number of aryl methyl sites for hydroxylation is 1. The minimum absolute atomic E-state index is 0.223. The van der Waals surface area contributed by atoms with E-state index in [-0.39, 0.29) is 10.8 Å². The van der Waals surface area contributed by atoms with Gasteiger partial charge in [0.25, 0.3) is 5.91 Å². The van der Waals surface area contributed by atoms with Gasteiger partial charge in [0.15, 0.2) is 5.13 Å². The van der Waals surface area contributed by atoms with Gasteiger partial charge in [-0.2, -0.15) is 4.31 Å². The molecule has 23 heavy (non-hydrogen) atoms. The van der Waals surface area contributed by atoms with Crippen molar-refractivity contribution in [2.24, 2.45) is 0 Å². The van der Waals surface area contributed by atoms with Gasteiger partial charge in [0, 0.05) is 24.0 Å². The fraction of sp³-hybridized carbons (Fsp3) is 0.333. The van der Waals surface area contributed by atoms with Crippen molar-refractivity contribution in [1.82, 2.24) is 9.29 Å². The summed E-state index contributed by atoms with van der Waals surface area (Å²) in [6.07, 6.45) is 1.79. The molecule has 0 unspecified atom stereocenters. The number of aromatic nitrogens is 1. The molecular formula is C15H17N3O3S2. The van der Waals surface area contributed by atoms with Gasteiger partial charge in [-0.3, -0.25) is 10.1 Å². The molecule has 0 radical (unpaired) electrons. The zero-order chi connectivity index (χ0) is 16.4. The summed E-state index contributed by atoms with van der Waals surface area (Å²) in [5.41, 5.74) is 1.25. The number of nitrogens with one attached hydrogen (secondary N) is 1. The Balaban J connectivity index is 1.75. The zero-order valence-electron chi connectivity index (χ0n) is 12.7. The maximum Gasteiger partial charge on any atom is 0.257 e. The van der Waals surface area contributed by atoms with Crippen LogP contribution in [-0.2, 0) is 10.0 Å². The largest absolute Gasteiger partial charge is 0.298 e. The minimum atomic E-state index is -3.45. The smallest absolute Gasteiger partial charge is 0.257 e. The van der Waals surface area contributed by atoms with Crippen LogP contribution in [-0.4, -0.2) is 36.7 Å². The number of anilines is 1. The molecule has 3 rings (SSSR count). The van der Waals surface area contributed by atoms with E-state index in [1.165, 1.54) is 39.9 Å². The lowest BCUT2D eigenvalue weighted by molar-refractivity contribution is 0.102. The summed E-state index contributed by atoms with van der Waals surface area (Å²) in [5.74, 6) is -0.301. The van der Waals surface area contributed by atoms with E-state index in [1.54, 1.807) is 0 Å². The van der Waals surface area contributed by atoms with Crippen LogP contribution >= 0.6 is 11.3 Å². The lowest BCUT2D eigenvalue weighted by Gasteiger charge is -2.15. The maximum absolute atomic E-state index is 12.4. The van der Waals surface area contributed by atoms with Gasteiger partial charge < -0.3 is 0 Å². The summed E-state index contributed by atoms with van der Waals surface area (Å²) in [4.78, 5) is 16.5. The number of nitrogens with zero attached hydrogens (tertiary/aromatic N) is 2. The quantitative estimate of drug-likeness (QED) is 0.918. The normalized spacial score (nSPS) is 15.7. The molecule has 0 spiro atoms. The van der Waals surface area contributed by atoms with Gasteiger partial charge in [0.05, 0.1) is 10.6 Å². The van der Waals surface area contributed by atoms with E-state index in [0.29, 0.717) is 23.8 Å². The van der Waals surface area contributed by atoms with E-state index in [4.69, 9.17) is 0 Å².